The number of carbonyl (C=O) groups excluding carboxylic acids is 1. The Hall–Kier alpha value is -1.44. The highest BCUT2D eigenvalue weighted by Crippen LogP contribution is 2.24. The Labute approximate surface area is 141 Å². The number of nitrogens with two attached hydrogens (primary N) is 1. The van der Waals surface area contributed by atoms with E-state index < -0.39 is 12.1 Å². The monoisotopic (exact) mass is 384 g/mol. The molecule has 0 spiro atoms. The van der Waals surface area contributed by atoms with E-state index in [1.54, 1.807) is 18.2 Å². The fourth-order valence-electron chi connectivity index (χ4n) is 1.94. The molecule has 3 N–H and O–H groups in total. The zero-order valence-corrected chi connectivity index (χ0v) is 13.8. The molecule has 1 amide bonds. The summed E-state index contributed by atoms with van der Waals surface area (Å²) in [6.07, 6.45) is -0.352. The third kappa shape index (κ3) is 4.53. The molecule has 0 heterocycles. The summed E-state index contributed by atoms with van der Waals surface area (Å²) in [5.41, 5.74) is 1.28. The van der Waals surface area contributed by atoms with Gasteiger partial charge in [-0.1, -0.05) is 48.0 Å². The lowest BCUT2D eigenvalue weighted by Crippen LogP contribution is -2.39. The molecule has 0 unspecified atom stereocenters. The van der Waals surface area contributed by atoms with Gasteiger partial charge in [-0.15, -0.1) is 4.99 Å². The fourth-order valence-corrected chi connectivity index (χ4v) is 2.86. The van der Waals surface area contributed by atoms with Crippen molar-refractivity contribution >= 4 is 33.4 Å². The largest absolute Gasteiger partial charge is 0.324 e. The maximum absolute atomic E-state index is 12.4. The number of hydrogen-bond acceptors (Lipinski definition) is 4. The molecule has 0 fully saturated rings. The third-order valence-corrected chi connectivity index (χ3v) is 3.89. The molecular formula is C15H14BrClN2O3. The van der Waals surface area contributed by atoms with E-state index >= 15 is 0 Å². The van der Waals surface area contributed by atoms with E-state index in [0.717, 1.165) is 5.56 Å². The van der Waals surface area contributed by atoms with Crippen LogP contribution in [0.2, 0.25) is 5.02 Å². The average molecular weight is 386 g/mol. The SMILES string of the molecule is NOO[C@@H](Cc1ccccc1)NC(=O)c1c(Cl)cccc1Br. The topological polar surface area (TPSA) is 73.6 Å². The number of carbonyl (C=O) groups is 1. The van der Waals surface area contributed by atoms with E-state index in [1.807, 2.05) is 30.3 Å². The van der Waals surface area contributed by atoms with Gasteiger partial charge in [0.05, 0.1) is 10.6 Å². The highest BCUT2D eigenvalue weighted by atomic mass is 79.9. The number of nitrogens with one attached hydrogen (secondary N) is 1. The van der Waals surface area contributed by atoms with Gasteiger partial charge in [0, 0.05) is 10.9 Å². The third-order valence-electron chi connectivity index (χ3n) is 2.92. The molecule has 0 aliphatic carbocycles. The Balaban J connectivity index is 2.12. The van der Waals surface area contributed by atoms with Gasteiger partial charge in [0.2, 0.25) is 0 Å². The van der Waals surface area contributed by atoms with Gasteiger partial charge >= 0.3 is 0 Å². The summed E-state index contributed by atoms with van der Waals surface area (Å²) in [6.45, 7) is 0. The van der Waals surface area contributed by atoms with E-state index in [1.165, 1.54) is 0 Å². The Kier molecular flexibility index (Phi) is 6.35. The van der Waals surface area contributed by atoms with Crippen molar-refractivity contribution in [1.82, 2.24) is 5.32 Å². The van der Waals surface area contributed by atoms with Crippen LogP contribution in [0.5, 0.6) is 0 Å². The molecule has 0 aromatic heterocycles. The normalized spacial score (nSPS) is 12.0. The fraction of sp³-hybridized carbons (Fsp3) is 0.133. The number of halogens is 2. The van der Waals surface area contributed by atoms with Crippen LogP contribution in [0.15, 0.2) is 53.0 Å². The predicted molar refractivity (Wildman–Crippen MR) is 86.9 cm³/mol. The molecule has 1 atom stereocenters. The molecular weight excluding hydrogens is 372 g/mol. The quantitative estimate of drug-likeness (QED) is 0.455. The van der Waals surface area contributed by atoms with Crippen LogP contribution in [0, 0.1) is 0 Å². The molecule has 0 radical (unpaired) electrons. The summed E-state index contributed by atoms with van der Waals surface area (Å²) in [7, 11) is 0. The van der Waals surface area contributed by atoms with Crippen molar-refractivity contribution in [1.29, 1.82) is 0 Å². The summed E-state index contributed by atoms with van der Waals surface area (Å²) in [5.74, 6) is 4.56. The first-order chi connectivity index (χ1) is 10.6. The van der Waals surface area contributed by atoms with Crippen LogP contribution in [0.25, 0.3) is 0 Å². The maximum atomic E-state index is 12.4. The number of hydrogen-bond donors (Lipinski definition) is 2. The number of benzene rings is 2. The summed E-state index contributed by atoms with van der Waals surface area (Å²) < 4.78 is 0.588. The molecule has 7 heteroatoms. The van der Waals surface area contributed by atoms with Gasteiger partial charge in [-0.2, -0.15) is 10.8 Å². The minimum absolute atomic E-state index is 0.322. The van der Waals surface area contributed by atoms with E-state index in [9.17, 15) is 4.79 Å². The van der Waals surface area contributed by atoms with Gasteiger partial charge in [-0.25, -0.2) is 0 Å². The zero-order chi connectivity index (χ0) is 15.9. The van der Waals surface area contributed by atoms with Gasteiger partial charge in [-0.3, -0.25) is 4.79 Å². The van der Waals surface area contributed by atoms with Crippen molar-refractivity contribution in [2.75, 3.05) is 0 Å². The van der Waals surface area contributed by atoms with Crippen LogP contribution in [-0.2, 0) is 16.3 Å². The molecule has 2 aromatic rings. The zero-order valence-electron chi connectivity index (χ0n) is 11.5. The molecule has 5 nitrogen and oxygen atoms in total. The molecule has 0 bridgehead atoms. The minimum Gasteiger partial charge on any atom is -0.324 e. The predicted octanol–water partition coefficient (Wildman–Crippen LogP) is 3.22. The lowest BCUT2D eigenvalue weighted by molar-refractivity contribution is -0.332. The Morgan fingerprint density at radius 2 is 1.95 bits per heavy atom. The first-order valence-corrected chi connectivity index (χ1v) is 7.60. The summed E-state index contributed by atoms with van der Waals surface area (Å²) in [6, 6.07) is 14.6. The second kappa shape index (κ2) is 8.26. The summed E-state index contributed by atoms with van der Waals surface area (Å²) >= 11 is 9.36. The molecule has 22 heavy (non-hydrogen) atoms. The first kappa shape index (κ1) is 16.9. The Morgan fingerprint density at radius 1 is 1.23 bits per heavy atom. The van der Waals surface area contributed by atoms with Gasteiger partial charge < -0.3 is 5.32 Å². The lowest BCUT2D eigenvalue weighted by Gasteiger charge is -2.17. The maximum Gasteiger partial charge on any atom is 0.256 e. The van der Waals surface area contributed by atoms with Crippen LogP contribution in [0.1, 0.15) is 15.9 Å². The van der Waals surface area contributed by atoms with Gasteiger partial charge in [-0.05, 0) is 33.6 Å². The van der Waals surface area contributed by atoms with Crippen LogP contribution in [0.4, 0.5) is 0 Å². The van der Waals surface area contributed by atoms with E-state index in [-0.39, 0.29) is 0 Å². The molecule has 2 rings (SSSR count). The van der Waals surface area contributed by atoms with Crippen molar-refractivity contribution in [2.45, 2.75) is 12.6 Å². The van der Waals surface area contributed by atoms with Gasteiger partial charge in [0.15, 0.2) is 6.23 Å². The van der Waals surface area contributed by atoms with Crippen molar-refractivity contribution in [3.8, 4) is 0 Å². The van der Waals surface area contributed by atoms with Crippen LogP contribution in [0.3, 0.4) is 0 Å². The average Bonchev–Trinajstić information content (AvgIpc) is 2.48. The standard InChI is InChI=1S/C15H14BrClN2O3/c16-11-7-4-8-12(17)14(11)15(20)19-13(21-22-18)9-10-5-2-1-3-6-10/h1-8,13H,9,18H2,(H,19,20)/t13-/m0/s1. The Bertz CT molecular complexity index is 620. The van der Waals surface area contributed by atoms with Crippen LogP contribution in [-0.4, -0.2) is 12.1 Å². The van der Waals surface area contributed by atoms with Crippen molar-refractivity contribution in [3.05, 3.63) is 69.2 Å². The molecule has 0 saturated heterocycles. The number of amides is 1. The van der Waals surface area contributed by atoms with Gasteiger partial charge in [0.1, 0.15) is 0 Å². The van der Waals surface area contributed by atoms with Crippen LogP contribution < -0.4 is 11.2 Å². The lowest BCUT2D eigenvalue weighted by atomic mass is 10.1. The number of rotatable bonds is 6. The smallest absolute Gasteiger partial charge is 0.256 e. The molecule has 0 aliphatic rings. The van der Waals surface area contributed by atoms with Gasteiger partial charge in [0.25, 0.3) is 5.91 Å². The Morgan fingerprint density at radius 3 is 2.59 bits per heavy atom. The highest BCUT2D eigenvalue weighted by molar-refractivity contribution is 9.10. The van der Waals surface area contributed by atoms with E-state index in [0.29, 0.717) is 21.5 Å². The second-order valence-electron chi connectivity index (χ2n) is 4.44. The molecule has 0 aliphatic heterocycles. The van der Waals surface area contributed by atoms with Crippen LogP contribution >= 0.6 is 27.5 Å². The van der Waals surface area contributed by atoms with Crippen molar-refractivity contribution in [3.63, 3.8) is 0 Å². The van der Waals surface area contributed by atoms with Crippen molar-refractivity contribution < 1.29 is 14.7 Å². The van der Waals surface area contributed by atoms with E-state index in [2.05, 4.69) is 26.2 Å². The molecule has 0 saturated carbocycles. The first-order valence-electron chi connectivity index (χ1n) is 6.43. The molecule has 2 aromatic carbocycles. The van der Waals surface area contributed by atoms with Crippen molar-refractivity contribution in [2.24, 2.45) is 5.90 Å². The molecule has 116 valence electrons. The summed E-state index contributed by atoms with van der Waals surface area (Å²) in [5, 5.41) is 3.02. The minimum atomic E-state index is -0.747. The highest BCUT2D eigenvalue weighted by Gasteiger charge is 2.19. The second-order valence-corrected chi connectivity index (χ2v) is 5.70. The summed E-state index contributed by atoms with van der Waals surface area (Å²) in [4.78, 5) is 21.5. The van der Waals surface area contributed by atoms with E-state index in [4.69, 9.17) is 22.4 Å².